The largest absolute Gasteiger partial charge is 0.492 e. The van der Waals surface area contributed by atoms with Gasteiger partial charge in [-0.2, -0.15) is 0 Å². The summed E-state index contributed by atoms with van der Waals surface area (Å²) in [4.78, 5) is 139. The van der Waals surface area contributed by atoms with E-state index in [1.807, 2.05) is 61.5 Å². The molecule has 530 valence electrons. The average Bonchev–Trinajstić information content (AvgIpc) is 1.72. The molecule has 1 aromatic heterocycles. The molecule has 98 heavy (non-hydrogen) atoms. The molecule has 3 heterocycles. The second-order valence-electron chi connectivity index (χ2n) is 23.9. The van der Waals surface area contributed by atoms with Gasteiger partial charge in [-0.25, -0.2) is 14.4 Å². The second-order valence-corrected chi connectivity index (χ2v) is 24.2. The molecule has 8 N–H and O–H groups in total. The first kappa shape index (κ1) is 76.0. The number of aromatic nitrogens is 1. The zero-order valence-corrected chi connectivity index (χ0v) is 56.9. The highest BCUT2D eigenvalue weighted by atomic mass is 35.5. The van der Waals surface area contributed by atoms with Gasteiger partial charge in [-0.05, 0) is 85.8 Å². The average molecular weight is 1380 g/mol. The van der Waals surface area contributed by atoms with Gasteiger partial charge in [0.2, 0.25) is 23.6 Å². The number of hydrogen-bond acceptors (Lipinski definition) is 18. The van der Waals surface area contributed by atoms with Gasteiger partial charge in [-0.3, -0.25) is 38.5 Å². The van der Waals surface area contributed by atoms with Crippen LogP contribution in [0, 0.1) is 5.92 Å². The Morgan fingerprint density at radius 2 is 1.35 bits per heavy atom. The van der Waals surface area contributed by atoms with Gasteiger partial charge in [0.25, 0.3) is 17.7 Å². The fraction of sp³-hybridized carbons (Fsp3) is 0.471. The van der Waals surface area contributed by atoms with E-state index in [0.29, 0.717) is 60.1 Å². The number of nitrogens with zero attached hydrogens (tertiary/aromatic N) is 5. The summed E-state index contributed by atoms with van der Waals surface area (Å²) in [5.74, 6) is -2.49. The maximum Gasteiger partial charge on any atom is 0.415 e. The van der Waals surface area contributed by atoms with Gasteiger partial charge < -0.3 is 90.1 Å². The number of amides is 11. The summed E-state index contributed by atoms with van der Waals surface area (Å²) in [5, 5.41) is 15.7. The molecule has 2 aliphatic heterocycles. The SMILES string of the molecule is CC(C)[C@H](NC(=O)CCOCCOCCOCCOCCNC(=O)CCN1C(=O)C=CC1=O)C(=O)N[C@@H](CCCNC(N)=O)C(=O)Nc1ccc(COC(=O)N(C)CCN(C)C(=O)Oc2cc3c(c4ccccc24)[C@H](CCl)CN3C(=O)c2cc3cc(OCCN(C)C)ccc3[nH]2)cc1. The number of fused-ring (bicyclic) bond motifs is 4. The molecule has 0 fully saturated rings. The van der Waals surface area contributed by atoms with Crippen LogP contribution in [0.1, 0.15) is 67.1 Å². The molecular formula is C68H89ClN12O17. The molecule has 7 rings (SSSR count). The quantitative estimate of drug-likeness (QED) is 0.0157. The van der Waals surface area contributed by atoms with E-state index < -0.39 is 59.8 Å². The van der Waals surface area contributed by atoms with Gasteiger partial charge in [0.15, 0.2) is 0 Å². The van der Waals surface area contributed by atoms with Crippen molar-refractivity contribution in [2.45, 2.75) is 64.1 Å². The van der Waals surface area contributed by atoms with Crippen LogP contribution >= 0.6 is 11.6 Å². The van der Waals surface area contributed by atoms with Crippen LogP contribution < -0.4 is 46.7 Å². The lowest BCUT2D eigenvalue weighted by Crippen LogP contribution is -2.54. The maximum absolute atomic E-state index is 14.4. The number of benzene rings is 4. The number of carbonyl (C=O) groups is 10. The Bertz CT molecular complexity index is 3590. The van der Waals surface area contributed by atoms with E-state index in [1.54, 1.807) is 62.2 Å². The normalized spacial score (nSPS) is 13.9. The Morgan fingerprint density at radius 3 is 2.00 bits per heavy atom. The van der Waals surface area contributed by atoms with Gasteiger partial charge in [0.1, 0.15) is 42.5 Å². The van der Waals surface area contributed by atoms with Crippen LogP contribution in [-0.2, 0) is 59.1 Å². The first-order valence-electron chi connectivity index (χ1n) is 32.4. The summed E-state index contributed by atoms with van der Waals surface area (Å²) >= 11 is 6.57. The number of alkyl halides is 1. The third kappa shape index (κ3) is 23.1. The zero-order valence-electron chi connectivity index (χ0n) is 56.2. The van der Waals surface area contributed by atoms with Crippen LogP contribution in [0.25, 0.3) is 21.7 Å². The molecule has 4 aromatic carbocycles. The molecule has 3 atom stereocenters. The van der Waals surface area contributed by atoms with Gasteiger partial charge in [-0.1, -0.05) is 50.2 Å². The predicted molar refractivity (Wildman–Crippen MR) is 365 cm³/mol. The Kier molecular flexibility index (Phi) is 29.9. The van der Waals surface area contributed by atoms with Crippen molar-refractivity contribution in [3.05, 3.63) is 108 Å². The van der Waals surface area contributed by atoms with Crippen molar-refractivity contribution in [2.75, 3.05) is 150 Å². The summed E-state index contributed by atoms with van der Waals surface area (Å²) < 4.78 is 39.5. The van der Waals surface area contributed by atoms with E-state index in [9.17, 15) is 47.9 Å². The summed E-state index contributed by atoms with van der Waals surface area (Å²) in [5.41, 5.74) is 8.79. The minimum atomic E-state index is -1.10. The summed E-state index contributed by atoms with van der Waals surface area (Å²) in [6, 6.07) is 20.2. The Balaban J connectivity index is 0.803. The van der Waals surface area contributed by atoms with E-state index in [0.717, 1.165) is 33.3 Å². The number of primary amides is 1. The topological polar surface area (TPSA) is 353 Å². The first-order valence-corrected chi connectivity index (χ1v) is 32.9. The van der Waals surface area contributed by atoms with Crippen LogP contribution in [0.15, 0.2) is 91.0 Å². The number of imide groups is 1. The number of nitrogens with two attached hydrogens (primary N) is 1. The summed E-state index contributed by atoms with van der Waals surface area (Å²) in [6.45, 7) is 7.37. The Hall–Kier alpha value is -9.39. The number of anilines is 2. The number of ether oxygens (including phenoxy) is 7. The van der Waals surface area contributed by atoms with Crippen LogP contribution in [0.5, 0.6) is 11.5 Å². The number of carbonyl (C=O) groups excluding carboxylic acids is 10. The number of likely N-dealkylation sites (N-methyl/N-ethyl adjacent to an activating group) is 3. The maximum atomic E-state index is 14.4. The molecule has 30 heteroatoms. The van der Waals surface area contributed by atoms with Crippen molar-refractivity contribution in [3.63, 3.8) is 0 Å². The second kappa shape index (κ2) is 38.5. The number of urea groups is 1. The molecule has 0 spiro atoms. The van der Waals surface area contributed by atoms with Gasteiger partial charge in [0, 0.05) is 125 Å². The Labute approximate surface area is 573 Å². The predicted octanol–water partition coefficient (Wildman–Crippen LogP) is 4.84. The monoisotopic (exact) mass is 1380 g/mol. The van der Waals surface area contributed by atoms with E-state index >= 15 is 0 Å². The van der Waals surface area contributed by atoms with Crippen molar-refractivity contribution in [2.24, 2.45) is 11.7 Å². The molecule has 0 radical (unpaired) electrons. The third-order valence-electron chi connectivity index (χ3n) is 15.9. The lowest BCUT2D eigenvalue weighted by atomic mass is 9.95. The lowest BCUT2D eigenvalue weighted by molar-refractivity contribution is -0.137. The number of rotatable bonds is 40. The molecule has 29 nitrogen and oxygen atoms in total. The van der Waals surface area contributed by atoms with Crippen LogP contribution in [-0.4, -0.2) is 236 Å². The van der Waals surface area contributed by atoms with E-state index in [2.05, 4.69) is 31.6 Å². The third-order valence-corrected chi connectivity index (χ3v) is 16.2. The first-order chi connectivity index (χ1) is 47.1. The number of hydrogen-bond donors (Lipinski definition) is 7. The molecule has 0 bridgehead atoms. The molecule has 2 aliphatic rings. The number of nitrogens with one attached hydrogen (secondary N) is 6. The van der Waals surface area contributed by atoms with E-state index in [4.69, 9.17) is 50.5 Å². The van der Waals surface area contributed by atoms with Gasteiger partial charge in [0.05, 0.1) is 58.5 Å². The highest BCUT2D eigenvalue weighted by Gasteiger charge is 2.37. The van der Waals surface area contributed by atoms with Crippen LogP contribution in [0.4, 0.5) is 25.8 Å². The fourth-order valence-corrected chi connectivity index (χ4v) is 10.7. The van der Waals surface area contributed by atoms with Crippen molar-refractivity contribution >= 4 is 104 Å². The number of halogens is 1. The highest BCUT2D eigenvalue weighted by Crippen LogP contribution is 2.46. The Morgan fingerprint density at radius 1 is 0.694 bits per heavy atom. The molecule has 0 saturated carbocycles. The molecule has 11 amide bonds. The number of aromatic amines is 1. The van der Waals surface area contributed by atoms with E-state index in [1.165, 1.54) is 29.0 Å². The number of H-pyrrole nitrogens is 1. The highest BCUT2D eigenvalue weighted by molar-refractivity contribution is 6.19. The summed E-state index contributed by atoms with van der Waals surface area (Å²) in [7, 11) is 7.02. The van der Waals surface area contributed by atoms with Gasteiger partial charge in [-0.15, -0.1) is 11.6 Å². The van der Waals surface area contributed by atoms with Crippen molar-refractivity contribution < 1.29 is 81.1 Å². The summed E-state index contributed by atoms with van der Waals surface area (Å²) in [6.07, 6.45) is 1.26. The van der Waals surface area contributed by atoms with Crippen LogP contribution in [0.2, 0.25) is 0 Å². The zero-order chi connectivity index (χ0) is 70.7. The molecular weight excluding hydrogens is 1290 g/mol. The smallest absolute Gasteiger partial charge is 0.415 e. The van der Waals surface area contributed by atoms with Crippen molar-refractivity contribution in [1.82, 2.24) is 45.9 Å². The van der Waals surface area contributed by atoms with Gasteiger partial charge >= 0.3 is 18.2 Å². The molecule has 0 unspecified atom stereocenters. The van der Waals surface area contributed by atoms with Crippen molar-refractivity contribution in [3.8, 4) is 11.5 Å². The molecule has 5 aromatic rings. The minimum Gasteiger partial charge on any atom is -0.492 e. The van der Waals surface area contributed by atoms with E-state index in [-0.39, 0.29) is 140 Å². The molecule has 0 saturated heterocycles. The van der Waals surface area contributed by atoms with Crippen LogP contribution in [0.3, 0.4) is 0 Å². The molecule has 0 aliphatic carbocycles. The minimum absolute atomic E-state index is 0.00519. The lowest BCUT2D eigenvalue weighted by Gasteiger charge is -2.25. The fourth-order valence-electron chi connectivity index (χ4n) is 10.4. The van der Waals surface area contributed by atoms with Crippen molar-refractivity contribution in [1.29, 1.82) is 0 Å². The standard InChI is InChI=1S/C68H89ClN12O17/c1-44(2)62(76-58(83)22-29-92-32-34-94-36-37-95-35-33-93-30-24-71-57(82)21-25-80-59(84)19-20-60(80)85)64(87)75-53(12-9-23-72-66(70)89)63(86)73-48-15-13-45(14-16-48)43-97-67(90)78(5)26-27-79(6)68(91)98-56-40-55-61(51-11-8-7-10-50(51)56)47(41-69)42-81(55)65(88)54-39-46-38-49(17-18-52(46)74-54)96-31-28-77(3)4/h7-8,10-11,13-20,38-40,44,47,53,62,74H,9,12,21-37,41-43H2,1-6H3,(H,71,82)(H,73,86)(H,75,87)(H,76,83)(H3,70,72,89)/t47-,53+,62+/m1/s1.